The highest BCUT2D eigenvalue weighted by Crippen LogP contribution is 2.12. The lowest BCUT2D eigenvalue weighted by atomic mass is 10.2. The highest BCUT2D eigenvalue weighted by atomic mass is 35.5. The number of carbonyl (C=O) groups excluding carboxylic acids is 1. The lowest BCUT2D eigenvalue weighted by Crippen LogP contribution is -2.37. The maximum absolute atomic E-state index is 11.7. The van der Waals surface area contributed by atoms with E-state index < -0.39 is 0 Å². The molecule has 0 aromatic heterocycles. The van der Waals surface area contributed by atoms with Gasteiger partial charge in [-0.1, -0.05) is 23.4 Å². The number of nitrogens with one attached hydrogen (secondary N) is 2. The molecule has 22 heavy (non-hydrogen) atoms. The minimum Gasteiger partial charge on any atom is -0.327 e. The van der Waals surface area contributed by atoms with Crippen LogP contribution < -0.4 is 10.6 Å². The SMILES string of the molecule is CC(C)N(CC#CCNC(=O)Nc1ccc(Cl)cc1)C(C)C. The first-order valence-corrected chi connectivity index (χ1v) is 7.80. The van der Waals surface area contributed by atoms with Crippen molar-refractivity contribution in [1.82, 2.24) is 10.2 Å². The van der Waals surface area contributed by atoms with Gasteiger partial charge >= 0.3 is 6.03 Å². The van der Waals surface area contributed by atoms with E-state index >= 15 is 0 Å². The van der Waals surface area contributed by atoms with E-state index in [9.17, 15) is 4.79 Å². The molecule has 0 spiro atoms. The first-order valence-electron chi connectivity index (χ1n) is 7.42. The molecule has 0 aliphatic rings. The molecule has 4 nitrogen and oxygen atoms in total. The van der Waals surface area contributed by atoms with Crippen LogP contribution in [0.1, 0.15) is 27.7 Å². The van der Waals surface area contributed by atoms with Gasteiger partial charge in [0.1, 0.15) is 0 Å². The van der Waals surface area contributed by atoms with E-state index in [1.54, 1.807) is 24.3 Å². The third-order valence-corrected chi connectivity index (χ3v) is 3.40. The predicted octanol–water partition coefficient (Wildman–Crippen LogP) is 3.58. The Morgan fingerprint density at radius 3 is 2.27 bits per heavy atom. The van der Waals surface area contributed by atoms with Gasteiger partial charge in [-0.3, -0.25) is 4.90 Å². The van der Waals surface area contributed by atoms with E-state index in [1.165, 1.54) is 0 Å². The minimum absolute atomic E-state index is 0.277. The van der Waals surface area contributed by atoms with Crippen LogP contribution in [0.3, 0.4) is 0 Å². The molecule has 0 aliphatic heterocycles. The quantitative estimate of drug-likeness (QED) is 0.814. The summed E-state index contributed by atoms with van der Waals surface area (Å²) < 4.78 is 0. The van der Waals surface area contributed by atoms with Gasteiger partial charge in [0.05, 0.1) is 13.1 Å². The topological polar surface area (TPSA) is 44.4 Å². The second-order valence-corrected chi connectivity index (χ2v) is 5.96. The lowest BCUT2D eigenvalue weighted by Gasteiger charge is -2.28. The minimum atomic E-state index is -0.277. The molecule has 0 unspecified atom stereocenters. The summed E-state index contributed by atoms with van der Waals surface area (Å²) in [5.74, 6) is 6.06. The van der Waals surface area contributed by atoms with Gasteiger partial charge < -0.3 is 10.6 Å². The second-order valence-electron chi connectivity index (χ2n) is 5.53. The zero-order valence-electron chi connectivity index (χ0n) is 13.6. The zero-order chi connectivity index (χ0) is 16.5. The zero-order valence-corrected chi connectivity index (χ0v) is 14.4. The molecule has 2 N–H and O–H groups in total. The van der Waals surface area contributed by atoms with E-state index in [2.05, 4.69) is 55.1 Å². The Morgan fingerprint density at radius 2 is 1.73 bits per heavy atom. The average Bonchev–Trinajstić information content (AvgIpc) is 2.44. The molecule has 120 valence electrons. The van der Waals surface area contributed by atoms with Crippen molar-refractivity contribution >= 4 is 23.3 Å². The summed E-state index contributed by atoms with van der Waals surface area (Å²) in [6.45, 7) is 9.64. The van der Waals surface area contributed by atoms with E-state index in [-0.39, 0.29) is 6.03 Å². The van der Waals surface area contributed by atoms with Crippen molar-refractivity contribution in [2.45, 2.75) is 39.8 Å². The van der Waals surface area contributed by atoms with E-state index in [0.29, 0.717) is 35.9 Å². The van der Waals surface area contributed by atoms with Crippen LogP contribution in [-0.2, 0) is 0 Å². The van der Waals surface area contributed by atoms with E-state index in [4.69, 9.17) is 11.6 Å². The standard InChI is InChI=1S/C17H24ClN3O/c1-13(2)21(14(3)4)12-6-5-11-19-17(22)20-16-9-7-15(18)8-10-16/h7-10,13-14H,11-12H2,1-4H3,(H2,19,20,22). The molecule has 0 heterocycles. The highest BCUT2D eigenvalue weighted by molar-refractivity contribution is 6.30. The normalized spacial score (nSPS) is 10.5. The Kier molecular flexibility index (Phi) is 7.79. The van der Waals surface area contributed by atoms with Gasteiger partial charge in [0.15, 0.2) is 0 Å². The molecule has 0 fully saturated rings. The van der Waals surface area contributed by atoms with E-state index in [0.717, 1.165) is 0 Å². The lowest BCUT2D eigenvalue weighted by molar-refractivity contribution is 0.200. The molecule has 0 saturated heterocycles. The maximum atomic E-state index is 11.7. The van der Waals surface area contributed by atoms with Crippen LogP contribution >= 0.6 is 11.6 Å². The number of amides is 2. The van der Waals surface area contributed by atoms with Crippen LogP contribution in [0, 0.1) is 11.8 Å². The molecule has 0 atom stereocenters. The van der Waals surface area contributed by atoms with Gasteiger partial charge in [-0.2, -0.15) is 0 Å². The highest BCUT2D eigenvalue weighted by Gasteiger charge is 2.10. The number of urea groups is 1. The molecular formula is C17H24ClN3O. The van der Waals surface area contributed by atoms with Crippen molar-refractivity contribution in [1.29, 1.82) is 0 Å². The monoisotopic (exact) mass is 321 g/mol. The molecule has 1 rings (SSSR count). The molecule has 0 bridgehead atoms. The van der Waals surface area contributed by atoms with Crippen molar-refractivity contribution in [3.05, 3.63) is 29.3 Å². The van der Waals surface area contributed by atoms with Gasteiger partial charge in [-0.25, -0.2) is 4.79 Å². The molecule has 0 saturated carbocycles. The molecular weight excluding hydrogens is 298 g/mol. The van der Waals surface area contributed by atoms with Crippen molar-refractivity contribution in [2.75, 3.05) is 18.4 Å². The molecule has 5 heteroatoms. The van der Waals surface area contributed by atoms with Crippen LogP contribution in [0.15, 0.2) is 24.3 Å². The number of benzene rings is 1. The van der Waals surface area contributed by atoms with Gasteiger partial charge in [0.2, 0.25) is 0 Å². The number of rotatable bonds is 5. The molecule has 1 aromatic carbocycles. The number of anilines is 1. The van der Waals surface area contributed by atoms with Crippen molar-refractivity contribution < 1.29 is 4.79 Å². The predicted molar refractivity (Wildman–Crippen MR) is 93.2 cm³/mol. The first kappa shape index (κ1) is 18.3. The summed E-state index contributed by atoms with van der Waals surface area (Å²) in [7, 11) is 0. The van der Waals surface area contributed by atoms with Crippen molar-refractivity contribution in [3.8, 4) is 11.8 Å². The van der Waals surface area contributed by atoms with E-state index in [1.807, 2.05) is 0 Å². The molecule has 2 amide bonds. The van der Waals surface area contributed by atoms with Gasteiger partial charge in [0, 0.05) is 22.8 Å². The summed E-state index contributed by atoms with van der Waals surface area (Å²) in [4.78, 5) is 14.0. The number of nitrogens with zero attached hydrogens (tertiary/aromatic N) is 1. The summed E-state index contributed by atoms with van der Waals surface area (Å²) in [6, 6.07) is 7.58. The summed E-state index contributed by atoms with van der Waals surface area (Å²) >= 11 is 5.79. The number of hydrogen-bond acceptors (Lipinski definition) is 2. The van der Waals surface area contributed by atoms with Crippen LogP contribution in [0.4, 0.5) is 10.5 Å². The molecule has 1 aromatic rings. The van der Waals surface area contributed by atoms with Crippen LogP contribution in [-0.4, -0.2) is 36.1 Å². The molecule has 0 radical (unpaired) electrons. The van der Waals surface area contributed by atoms with Crippen molar-refractivity contribution in [2.24, 2.45) is 0 Å². The Hall–Kier alpha value is -1.70. The maximum Gasteiger partial charge on any atom is 0.319 e. The van der Waals surface area contributed by atoms with Gasteiger partial charge in [-0.05, 0) is 52.0 Å². The largest absolute Gasteiger partial charge is 0.327 e. The smallest absolute Gasteiger partial charge is 0.319 e. The Bertz CT molecular complexity index is 521. The fourth-order valence-electron chi connectivity index (χ4n) is 2.00. The number of carbonyl (C=O) groups is 1. The Balaban J connectivity index is 2.33. The Morgan fingerprint density at radius 1 is 1.14 bits per heavy atom. The van der Waals surface area contributed by atoms with Gasteiger partial charge in [0.25, 0.3) is 0 Å². The average molecular weight is 322 g/mol. The van der Waals surface area contributed by atoms with Crippen LogP contribution in [0.5, 0.6) is 0 Å². The van der Waals surface area contributed by atoms with Gasteiger partial charge in [-0.15, -0.1) is 0 Å². The summed E-state index contributed by atoms with van der Waals surface area (Å²) in [5, 5.41) is 6.06. The van der Waals surface area contributed by atoms with Crippen LogP contribution in [0.25, 0.3) is 0 Å². The molecule has 0 aliphatic carbocycles. The van der Waals surface area contributed by atoms with Crippen molar-refractivity contribution in [3.63, 3.8) is 0 Å². The Labute approximate surface area is 138 Å². The second kappa shape index (κ2) is 9.34. The van der Waals surface area contributed by atoms with Crippen LogP contribution in [0.2, 0.25) is 5.02 Å². The summed E-state index contributed by atoms with van der Waals surface area (Å²) in [5.41, 5.74) is 0.695. The number of hydrogen-bond donors (Lipinski definition) is 2. The first-order chi connectivity index (χ1) is 10.4. The fraction of sp³-hybridized carbons (Fsp3) is 0.471. The third-order valence-electron chi connectivity index (χ3n) is 3.15. The third kappa shape index (κ3) is 6.84. The fourth-order valence-corrected chi connectivity index (χ4v) is 2.13. The summed E-state index contributed by atoms with van der Waals surface area (Å²) in [6.07, 6.45) is 0. The number of halogens is 1.